The first kappa shape index (κ1) is 11.2. The molecule has 1 aromatic rings. The molecule has 3 rings (SSSR count). The van der Waals surface area contributed by atoms with E-state index in [1.54, 1.807) is 11.3 Å². The first-order valence-corrected chi connectivity index (χ1v) is 7.18. The van der Waals surface area contributed by atoms with Crippen molar-refractivity contribution in [1.29, 1.82) is 0 Å². The van der Waals surface area contributed by atoms with Crippen molar-refractivity contribution in [3.05, 3.63) is 22.4 Å². The molecule has 2 aliphatic rings. The highest BCUT2D eigenvalue weighted by atomic mass is 32.1. The normalized spacial score (nSPS) is 29.4. The predicted molar refractivity (Wildman–Crippen MR) is 69.4 cm³/mol. The number of hydrogen-bond acceptors (Lipinski definition) is 3. The first-order valence-electron chi connectivity index (χ1n) is 6.30. The second-order valence-corrected chi connectivity index (χ2v) is 6.02. The van der Waals surface area contributed by atoms with Crippen molar-refractivity contribution in [3.63, 3.8) is 0 Å². The van der Waals surface area contributed by atoms with Crippen molar-refractivity contribution in [3.8, 4) is 0 Å². The van der Waals surface area contributed by atoms with Crippen LogP contribution in [0.4, 0.5) is 0 Å². The number of likely N-dealkylation sites (tertiary alicyclic amines) is 1. The van der Waals surface area contributed by atoms with E-state index in [-0.39, 0.29) is 5.91 Å². The lowest BCUT2D eigenvalue weighted by atomic mass is 10.1. The minimum Gasteiger partial charge on any atom is -0.336 e. The van der Waals surface area contributed by atoms with Crippen LogP contribution in [0.3, 0.4) is 0 Å². The minimum absolute atomic E-state index is 0.223. The molecule has 0 N–H and O–H groups in total. The van der Waals surface area contributed by atoms with E-state index in [2.05, 4.69) is 11.9 Å². The second kappa shape index (κ2) is 4.42. The van der Waals surface area contributed by atoms with Crippen LogP contribution in [0.2, 0.25) is 0 Å². The van der Waals surface area contributed by atoms with E-state index in [1.165, 1.54) is 12.8 Å². The second-order valence-electron chi connectivity index (χ2n) is 5.07. The maximum atomic E-state index is 12.3. The monoisotopic (exact) mass is 250 g/mol. The van der Waals surface area contributed by atoms with E-state index >= 15 is 0 Å². The average Bonchev–Trinajstić information content (AvgIpc) is 2.88. The number of carbonyl (C=O) groups excluding carboxylic acids is 1. The third-order valence-electron chi connectivity index (χ3n) is 4.17. The fourth-order valence-corrected chi connectivity index (χ4v) is 3.74. The number of fused-ring (bicyclic) bond motifs is 2. The highest BCUT2D eigenvalue weighted by Crippen LogP contribution is 2.29. The molecule has 2 aliphatic heterocycles. The standard InChI is InChI=1S/C13H18N2OS/c1-14-10-4-5-11(14)9-15(7-6-10)13(16)12-3-2-8-17-12/h2-3,8,10-11H,4-7,9H2,1H3. The smallest absolute Gasteiger partial charge is 0.263 e. The van der Waals surface area contributed by atoms with Gasteiger partial charge in [0.1, 0.15) is 0 Å². The van der Waals surface area contributed by atoms with Gasteiger partial charge in [-0.05, 0) is 37.8 Å². The van der Waals surface area contributed by atoms with E-state index in [9.17, 15) is 4.79 Å². The number of likely N-dealkylation sites (N-methyl/N-ethyl adjacent to an activating group) is 1. The Balaban J connectivity index is 1.75. The Labute approximate surface area is 106 Å². The van der Waals surface area contributed by atoms with Crippen LogP contribution >= 0.6 is 11.3 Å². The molecule has 2 bridgehead atoms. The Morgan fingerprint density at radius 2 is 2.18 bits per heavy atom. The van der Waals surface area contributed by atoms with Crippen LogP contribution in [0, 0.1) is 0 Å². The minimum atomic E-state index is 0.223. The van der Waals surface area contributed by atoms with Gasteiger partial charge in [-0.15, -0.1) is 11.3 Å². The van der Waals surface area contributed by atoms with E-state index < -0.39 is 0 Å². The Morgan fingerprint density at radius 1 is 1.35 bits per heavy atom. The number of amides is 1. The molecule has 1 amide bonds. The summed E-state index contributed by atoms with van der Waals surface area (Å²) in [5.74, 6) is 0.223. The molecule has 3 nitrogen and oxygen atoms in total. The number of hydrogen-bond donors (Lipinski definition) is 0. The van der Waals surface area contributed by atoms with Gasteiger partial charge in [-0.1, -0.05) is 6.07 Å². The molecule has 92 valence electrons. The third-order valence-corrected chi connectivity index (χ3v) is 5.03. The van der Waals surface area contributed by atoms with Gasteiger partial charge < -0.3 is 4.90 Å². The molecule has 3 heterocycles. The van der Waals surface area contributed by atoms with Gasteiger partial charge in [0.15, 0.2) is 0 Å². The zero-order valence-electron chi connectivity index (χ0n) is 10.1. The first-order chi connectivity index (χ1) is 8.25. The van der Waals surface area contributed by atoms with Crippen LogP contribution in [0.5, 0.6) is 0 Å². The van der Waals surface area contributed by atoms with E-state index in [0.717, 1.165) is 24.4 Å². The van der Waals surface area contributed by atoms with Crippen molar-refractivity contribution in [2.45, 2.75) is 31.3 Å². The van der Waals surface area contributed by atoms with E-state index in [1.807, 2.05) is 22.4 Å². The fourth-order valence-electron chi connectivity index (χ4n) is 3.05. The SMILES string of the molecule is CN1C2CCC1CN(C(=O)c1cccs1)CC2. The highest BCUT2D eigenvalue weighted by Gasteiger charge is 2.36. The lowest BCUT2D eigenvalue weighted by Gasteiger charge is -2.25. The van der Waals surface area contributed by atoms with Gasteiger partial charge in [-0.25, -0.2) is 0 Å². The fraction of sp³-hybridized carbons (Fsp3) is 0.615. The molecule has 0 aliphatic carbocycles. The van der Waals surface area contributed by atoms with Gasteiger partial charge in [0.2, 0.25) is 0 Å². The van der Waals surface area contributed by atoms with Crippen LogP contribution in [-0.2, 0) is 0 Å². The maximum absolute atomic E-state index is 12.3. The van der Waals surface area contributed by atoms with Crippen molar-refractivity contribution in [2.75, 3.05) is 20.1 Å². The summed E-state index contributed by atoms with van der Waals surface area (Å²) in [5, 5.41) is 1.98. The zero-order valence-corrected chi connectivity index (χ0v) is 10.9. The lowest BCUT2D eigenvalue weighted by Crippen LogP contribution is -2.39. The lowest BCUT2D eigenvalue weighted by molar-refractivity contribution is 0.0745. The van der Waals surface area contributed by atoms with Gasteiger partial charge in [-0.2, -0.15) is 0 Å². The van der Waals surface area contributed by atoms with Crippen molar-refractivity contribution < 1.29 is 4.79 Å². The molecular weight excluding hydrogens is 232 g/mol. The summed E-state index contributed by atoms with van der Waals surface area (Å²) >= 11 is 1.55. The summed E-state index contributed by atoms with van der Waals surface area (Å²) in [7, 11) is 2.21. The Bertz CT molecular complexity index is 404. The topological polar surface area (TPSA) is 23.6 Å². The molecule has 0 radical (unpaired) electrons. The Hall–Kier alpha value is -0.870. The summed E-state index contributed by atoms with van der Waals surface area (Å²) in [4.78, 5) is 17.7. The Kier molecular flexibility index (Phi) is 2.92. The molecule has 0 saturated carbocycles. The molecule has 2 atom stereocenters. The van der Waals surface area contributed by atoms with Crippen LogP contribution in [0.15, 0.2) is 17.5 Å². The maximum Gasteiger partial charge on any atom is 0.263 e. The largest absolute Gasteiger partial charge is 0.336 e. The molecule has 2 unspecified atom stereocenters. The van der Waals surface area contributed by atoms with Crippen molar-refractivity contribution >= 4 is 17.2 Å². The number of nitrogens with zero attached hydrogens (tertiary/aromatic N) is 2. The number of thiophene rings is 1. The summed E-state index contributed by atoms with van der Waals surface area (Å²) in [6.07, 6.45) is 3.68. The molecule has 4 heteroatoms. The average molecular weight is 250 g/mol. The molecule has 17 heavy (non-hydrogen) atoms. The molecule has 2 fully saturated rings. The zero-order chi connectivity index (χ0) is 11.8. The van der Waals surface area contributed by atoms with Gasteiger partial charge in [0, 0.05) is 25.2 Å². The van der Waals surface area contributed by atoms with Gasteiger partial charge in [0.25, 0.3) is 5.91 Å². The summed E-state index contributed by atoms with van der Waals surface area (Å²) < 4.78 is 0. The molecule has 2 saturated heterocycles. The molecule has 0 aromatic carbocycles. The van der Waals surface area contributed by atoms with Crippen LogP contribution in [0.25, 0.3) is 0 Å². The number of rotatable bonds is 1. The van der Waals surface area contributed by atoms with Crippen LogP contribution in [0.1, 0.15) is 28.9 Å². The number of carbonyl (C=O) groups is 1. The highest BCUT2D eigenvalue weighted by molar-refractivity contribution is 7.12. The van der Waals surface area contributed by atoms with Crippen molar-refractivity contribution in [2.24, 2.45) is 0 Å². The van der Waals surface area contributed by atoms with Crippen LogP contribution < -0.4 is 0 Å². The van der Waals surface area contributed by atoms with Crippen molar-refractivity contribution in [1.82, 2.24) is 9.80 Å². The molecule has 1 aromatic heterocycles. The van der Waals surface area contributed by atoms with E-state index in [4.69, 9.17) is 0 Å². The van der Waals surface area contributed by atoms with E-state index in [0.29, 0.717) is 12.1 Å². The van der Waals surface area contributed by atoms with Gasteiger partial charge in [-0.3, -0.25) is 9.69 Å². The quantitative estimate of drug-likeness (QED) is 0.761. The molecule has 0 spiro atoms. The summed E-state index contributed by atoms with van der Waals surface area (Å²) in [6.45, 7) is 1.83. The van der Waals surface area contributed by atoms with Gasteiger partial charge >= 0.3 is 0 Å². The predicted octanol–water partition coefficient (Wildman–Crippen LogP) is 2.06. The third kappa shape index (κ3) is 2.00. The van der Waals surface area contributed by atoms with Gasteiger partial charge in [0.05, 0.1) is 4.88 Å². The van der Waals surface area contributed by atoms with Crippen LogP contribution in [-0.4, -0.2) is 47.9 Å². The summed E-state index contributed by atoms with van der Waals surface area (Å²) in [6, 6.07) is 5.15. The Morgan fingerprint density at radius 3 is 2.94 bits per heavy atom. The molecular formula is C13H18N2OS. The summed E-state index contributed by atoms with van der Waals surface area (Å²) in [5.41, 5.74) is 0.